The Morgan fingerprint density at radius 2 is 2.20 bits per heavy atom. The fourth-order valence-electron chi connectivity index (χ4n) is 1.43. The molecule has 1 N–H and O–H groups in total. The van der Waals surface area contributed by atoms with Crippen molar-refractivity contribution in [1.29, 1.82) is 0 Å². The fourth-order valence-corrected chi connectivity index (χ4v) is 1.43. The second-order valence-corrected chi connectivity index (χ2v) is 3.75. The van der Waals surface area contributed by atoms with Crippen molar-refractivity contribution in [1.82, 2.24) is 0 Å². The van der Waals surface area contributed by atoms with E-state index in [-0.39, 0.29) is 5.92 Å². The number of hydrogen-bond acceptors (Lipinski definition) is 2. The smallest absolute Gasteiger partial charge is 0.306 e. The van der Waals surface area contributed by atoms with E-state index in [0.717, 1.165) is 16.9 Å². The van der Waals surface area contributed by atoms with Crippen LogP contribution in [-0.4, -0.2) is 18.2 Å². The summed E-state index contributed by atoms with van der Waals surface area (Å²) in [5.74, 6) is -0.322. The highest BCUT2D eigenvalue weighted by molar-refractivity contribution is 5.69. The largest absolute Gasteiger partial charge is 0.496 e. The number of ether oxygens (including phenoxy) is 1. The van der Waals surface area contributed by atoms with Crippen molar-refractivity contribution in [2.45, 2.75) is 20.3 Å². The van der Waals surface area contributed by atoms with Crippen LogP contribution in [0.2, 0.25) is 0 Å². The van der Waals surface area contributed by atoms with Gasteiger partial charge in [-0.2, -0.15) is 0 Å². The molecule has 0 aliphatic heterocycles. The number of hydrogen-bond donors (Lipinski definition) is 1. The zero-order valence-corrected chi connectivity index (χ0v) is 9.28. The first-order valence-corrected chi connectivity index (χ1v) is 4.91. The lowest BCUT2D eigenvalue weighted by Crippen LogP contribution is -2.12. The summed E-state index contributed by atoms with van der Waals surface area (Å²) >= 11 is 0. The Balaban J connectivity index is 2.83. The number of benzene rings is 1. The van der Waals surface area contributed by atoms with E-state index in [0.29, 0.717) is 6.42 Å². The minimum atomic E-state index is -0.769. The molecule has 0 radical (unpaired) electrons. The van der Waals surface area contributed by atoms with Crippen molar-refractivity contribution in [2.24, 2.45) is 5.92 Å². The van der Waals surface area contributed by atoms with Gasteiger partial charge in [-0.15, -0.1) is 0 Å². The maximum atomic E-state index is 10.7. The van der Waals surface area contributed by atoms with Gasteiger partial charge in [0.25, 0.3) is 0 Å². The highest BCUT2D eigenvalue weighted by Gasteiger charge is 2.12. The number of aryl methyl sites for hydroxylation is 1. The predicted octanol–water partition coefficient (Wildman–Crippen LogP) is 2.27. The summed E-state index contributed by atoms with van der Waals surface area (Å²) in [6.07, 6.45) is 0.534. The topological polar surface area (TPSA) is 46.5 Å². The Bertz CT molecular complexity index is 358. The Hall–Kier alpha value is -1.51. The molecule has 1 aromatic rings. The van der Waals surface area contributed by atoms with E-state index in [1.807, 2.05) is 25.1 Å². The highest BCUT2D eigenvalue weighted by atomic mass is 16.5. The molecule has 1 rings (SSSR count). The van der Waals surface area contributed by atoms with Crippen LogP contribution in [0.3, 0.4) is 0 Å². The first-order chi connectivity index (χ1) is 7.04. The first kappa shape index (κ1) is 11.6. The SMILES string of the molecule is COc1cc(CC(C)C(=O)O)ccc1C. The first-order valence-electron chi connectivity index (χ1n) is 4.91. The second-order valence-electron chi connectivity index (χ2n) is 3.75. The van der Waals surface area contributed by atoms with Crippen LogP contribution in [0.1, 0.15) is 18.1 Å². The second kappa shape index (κ2) is 4.82. The van der Waals surface area contributed by atoms with Gasteiger partial charge in [-0.3, -0.25) is 4.79 Å². The number of carboxylic acid groups (broad SMARTS) is 1. The Kier molecular flexibility index (Phi) is 3.72. The van der Waals surface area contributed by atoms with Crippen LogP contribution in [-0.2, 0) is 11.2 Å². The molecule has 0 amide bonds. The van der Waals surface area contributed by atoms with E-state index >= 15 is 0 Å². The van der Waals surface area contributed by atoms with Crippen molar-refractivity contribution in [3.8, 4) is 5.75 Å². The van der Waals surface area contributed by atoms with E-state index in [2.05, 4.69) is 0 Å². The van der Waals surface area contributed by atoms with E-state index < -0.39 is 5.97 Å². The van der Waals surface area contributed by atoms with Crippen LogP contribution in [0.5, 0.6) is 5.75 Å². The molecule has 0 saturated carbocycles. The monoisotopic (exact) mass is 208 g/mol. The molecular weight excluding hydrogens is 192 g/mol. The van der Waals surface area contributed by atoms with Gasteiger partial charge in [0.15, 0.2) is 0 Å². The zero-order valence-electron chi connectivity index (χ0n) is 9.28. The molecule has 0 aliphatic rings. The van der Waals surface area contributed by atoms with Gasteiger partial charge in [0, 0.05) is 0 Å². The summed E-state index contributed by atoms with van der Waals surface area (Å²) in [6.45, 7) is 3.66. The Labute approximate surface area is 89.7 Å². The quantitative estimate of drug-likeness (QED) is 0.825. The maximum Gasteiger partial charge on any atom is 0.306 e. The van der Waals surface area contributed by atoms with Gasteiger partial charge in [0.2, 0.25) is 0 Å². The average molecular weight is 208 g/mol. The number of methoxy groups -OCH3 is 1. The third-order valence-corrected chi connectivity index (χ3v) is 2.44. The molecule has 15 heavy (non-hydrogen) atoms. The van der Waals surface area contributed by atoms with Crippen LogP contribution >= 0.6 is 0 Å². The van der Waals surface area contributed by atoms with E-state index in [1.54, 1.807) is 14.0 Å². The molecule has 0 spiro atoms. The maximum absolute atomic E-state index is 10.7. The molecule has 0 heterocycles. The van der Waals surface area contributed by atoms with E-state index in [1.165, 1.54) is 0 Å². The standard InChI is InChI=1S/C12H16O3/c1-8-4-5-10(7-11(8)15-3)6-9(2)12(13)14/h4-5,7,9H,6H2,1-3H3,(H,13,14). The molecule has 0 saturated heterocycles. The molecule has 0 fully saturated rings. The van der Waals surface area contributed by atoms with Crippen molar-refractivity contribution in [3.63, 3.8) is 0 Å². The van der Waals surface area contributed by atoms with Crippen molar-refractivity contribution in [3.05, 3.63) is 29.3 Å². The van der Waals surface area contributed by atoms with Crippen LogP contribution < -0.4 is 4.74 Å². The minimum Gasteiger partial charge on any atom is -0.496 e. The van der Waals surface area contributed by atoms with Crippen molar-refractivity contribution in [2.75, 3.05) is 7.11 Å². The van der Waals surface area contributed by atoms with Crippen LogP contribution in [0.25, 0.3) is 0 Å². The number of carboxylic acids is 1. The van der Waals surface area contributed by atoms with Crippen molar-refractivity contribution >= 4 is 5.97 Å². The summed E-state index contributed by atoms with van der Waals surface area (Å²) in [7, 11) is 1.62. The Morgan fingerprint density at radius 3 is 2.73 bits per heavy atom. The van der Waals surface area contributed by atoms with Gasteiger partial charge in [-0.25, -0.2) is 0 Å². The lowest BCUT2D eigenvalue weighted by atomic mass is 10.00. The van der Waals surface area contributed by atoms with Gasteiger partial charge < -0.3 is 9.84 Å². The Morgan fingerprint density at radius 1 is 1.53 bits per heavy atom. The molecule has 0 bridgehead atoms. The average Bonchev–Trinajstić information content (AvgIpc) is 2.20. The summed E-state index contributed by atoms with van der Waals surface area (Å²) in [4.78, 5) is 10.7. The van der Waals surface area contributed by atoms with Gasteiger partial charge in [0.1, 0.15) is 5.75 Å². The summed E-state index contributed by atoms with van der Waals surface area (Å²) < 4.78 is 5.18. The van der Waals surface area contributed by atoms with Gasteiger partial charge in [0.05, 0.1) is 13.0 Å². The number of rotatable bonds is 4. The number of aliphatic carboxylic acids is 1. The van der Waals surface area contributed by atoms with Gasteiger partial charge >= 0.3 is 5.97 Å². The molecule has 1 unspecified atom stereocenters. The lowest BCUT2D eigenvalue weighted by molar-refractivity contribution is -0.141. The van der Waals surface area contributed by atoms with Gasteiger partial charge in [-0.1, -0.05) is 19.1 Å². The molecule has 3 heteroatoms. The zero-order chi connectivity index (χ0) is 11.4. The number of carbonyl (C=O) groups is 1. The third kappa shape index (κ3) is 2.98. The highest BCUT2D eigenvalue weighted by Crippen LogP contribution is 2.20. The van der Waals surface area contributed by atoms with E-state index in [4.69, 9.17) is 9.84 Å². The molecule has 0 aliphatic carbocycles. The molecular formula is C12H16O3. The molecule has 1 atom stereocenters. The minimum absolute atomic E-state index is 0.364. The van der Waals surface area contributed by atoms with Crippen LogP contribution in [0.4, 0.5) is 0 Å². The summed E-state index contributed by atoms with van der Waals surface area (Å²) in [6, 6.07) is 5.79. The van der Waals surface area contributed by atoms with E-state index in [9.17, 15) is 4.79 Å². The molecule has 0 aromatic heterocycles. The third-order valence-electron chi connectivity index (χ3n) is 2.44. The molecule has 3 nitrogen and oxygen atoms in total. The summed E-state index contributed by atoms with van der Waals surface area (Å²) in [5, 5.41) is 8.79. The summed E-state index contributed by atoms with van der Waals surface area (Å²) in [5.41, 5.74) is 2.05. The molecule has 1 aromatic carbocycles. The predicted molar refractivity (Wildman–Crippen MR) is 58.2 cm³/mol. The normalized spacial score (nSPS) is 12.2. The van der Waals surface area contributed by atoms with Crippen LogP contribution in [0.15, 0.2) is 18.2 Å². The fraction of sp³-hybridized carbons (Fsp3) is 0.417. The van der Waals surface area contributed by atoms with Crippen molar-refractivity contribution < 1.29 is 14.6 Å². The lowest BCUT2D eigenvalue weighted by Gasteiger charge is -2.09. The molecule has 82 valence electrons. The van der Waals surface area contributed by atoms with Gasteiger partial charge in [-0.05, 0) is 30.5 Å². The van der Waals surface area contributed by atoms with Crippen LogP contribution in [0, 0.1) is 12.8 Å².